The number of piperidine rings is 1. The van der Waals surface area contributed by atoms with Gasteiger partial charge in [-0.2, -0.15) is 11.3 Å². The summed E-state index contributed by atoms with van der Waals surface area (Å²) in [4.78, 5) is 0. The van der Waals surface area contributed by atoms with Crippen LogP contribution in [0.2, 0.25) is 0 Å². The maximum atomic E-state index is 12.7. The third-order valence-corrected chi connectivity index (χ3v) is 3.75. The molecule has 0 amide bonds. The highest BCUT2D eigenvalue weighted by Crippen LogP contribution is 2.35. The van der Waals surface area contributed by atoms with Gasteiger partial charge in [0.05, 0.1) is 0 Å². The van der Waals surface area contributed by atoms with Gasteiger partial charge in [0, 0.05) is 12.1 Å². The van der Waals surface area contributed by atoms with Gasteiger partial charge in [0.25, 0.3) is 6.43 Å². The van der Waals surface area contributed by atoms with E-state index in [2.05, 4.69) is 12.2 Å². The Hall–Kier alpha value is -0.480. The summed E-state index contributed by atoms with van der Waals surface area (Å²) in [7, 11) is 0. The fourth-order valence-corrected chi connectivity index (χ4v) is 3.15. The van der Waals surface area contributed by atoms with E-state index in [1.54, 1.807) is 5.38 Å². The summed E-state index contributed by atoms with van der Waals surface area (Å²) in [5.74, 6) is 0.846. The molecule has 0 radical (unpaired) electrons. The van der Waals surface area contributed by atoms with Crippen molar-refractivity contribution in [2.45, 2.75) is 25.7 Å². The Balaban J connectivity index is 2.17. The van der Waals surface area contributed by atoms with Gasteiger partial charge in [0.2, 0.25) is 0 Å². The Bertz CT molecular complexity index is 324. The standard InChI is InChI=1S/C11H15F2NS/c1-7-2-8(4-14-3-7)9-5-15-6-10(9)11(12)13/h5-8,11,14H,2-4H2,1H3. The lowest BCUT2D eigenvalue weighted by molar-refractivity contribution is 0.149. The van der Waals surface area contributed by atoms with Crippen LogP contribution in [0.4, 0.5) is 8.78 Å². The van der Waals surface area contributed by atoms with Crippen molar-refractivity contribution in [1.29, 1.82) is 0 Å². The number of nitrogens with one attached hydrogen (secondary N) is 1. The minimum absolute atomic E-state index is 0.237. The van der Waals surface area contributed by atoms with E-state index in [4.69, 9.17) is 0 Å². The monoisotopic (exact) mass is 231 g/mol. The molecule has 2 heterocycles. The molecule has 2 unspecified atom stereocenters. The molecule has 0 saturated carbocycles. The van der Waals surface area contributed by atoms with Gasteiger partial charge in [0.15, 0.2) is 0 Å². The molecule has 0 aromatic carbocycles. The lowest BCUT2D eigenvalue weighted by atomic mass is 9.86. The first kappa shape index (κ1) is 11.0. The maximum Gasteiger partial charge on any atom is 0.264 e. The number of halogens is 2. The average molecular weight is 231 g/mol. The molecular weight excluding hydrogens is 216 g/mol. The van der Waals surface area contributed by atoms with E-state index >= 15 is 0 Å². The number of rotatable bonds is 2. The summed E-state index contributed by atoms with van der Waals surface area (Å²) in [5.41, 5.74) is 1.09. The second-order valence-corrected chi connectivity index (χ2v) is 5.02. The number of thiophene rings is 1. The van der Waals surface area contributed by atoms with Crippen LogP contribution in [0, 0.1) is 5.92 Å². The molecular formula is C11H15F2NS. The van der Waals surface area contributed by atoms with Crippen LogP contribution in [0.1, 0.15) is 36.8 Å². The Morgan fingerprint density at radius 1 is 1.40 bits per heavy atom. The predicted molar refractivity (Wildman–Crippen MR) is 58.7 cm³/mol. The molecule has 0 aliphatic carbocycles. The van der Waals surface area contributed by atoms with Crippen molar-refractivity contribution in [3.63, 3.8) is 0 Å². The van der Waals surface area contributed by atoms with Crippen LogP contribution >= 0.6 is 11.3 Å². The Kier molecular flexibility index (Phi) is 3.36. The molecule has 84 valence electrons. The molecule has 1 N–H and O–H groups in total. The van der Waals surface area contributed by atoms with Crippen molar-refractivity contribution >= 4 is 11.3 Å². The van der Waals surface area contributed by atoms with Gasteiger partial charge < -0.3 is 5.32 Å². The van der Waals surface area contributed by atoms with Gasteiger partial charge in [-0.1, -0.05) is 6.92 Å². The van der Waals surface area contributed by atoms with Crippen molar-refractivity contribution in [1.82, 2.24) is 5.32 Å². The third-order valence-electron chi connectivity index (χ3n) is 2.97. The first-order valence-electron chi connectivity index (χ1n) is 5.23. The third kappa shape index (κ3) is 2.37. The fourth-order valence-electron chi connectivity index (χ4n) is 2.22. The summed E-state index contributed by atoms with van der Waals surface area (Å²) < 4.78 is 25.4. The molecule has 1 aromatic heterocycles. The van der Waals surface area contributed by atoms with Crippen LogP contribution < -0.4 is 5.32 Å². The van der Waals surface area contributed by atoms with Crippen molar-refractivity contribution in [3.05, 3.63) is 21.9 Å². The highest BCUT2D eigenvalue weighted by molar-refractivity contribution is 7.08. The van der Waals surface area contributed by atoms with Gasteiger partial charge in [0.1, 0.15) is 0 Å². The van der Waals surface area contributed by atoms with Crippen LogP contribution in [-0.4, -0.2) is 13.1 Å². The summed E-state index contributed by atoms with van der Waals surface area (Å²) in [6.07, 6.45) is -1.31. The number of alkyl halides is 2. The van der Waals surface area contributed by atoms with Crippen molar-refractivity contribution < 1.29 is 8.78 Å². The molecule has 1 fully saturated rings. The van der Waals surface area contributed by atoms with Crippen LogP contribution in [0.5, 0.6) is 0 Å². The summed E-state index contributed by atoms with van der Waals surface area (Å²) in [5, 5.41) is 6.76. The second-order valence-electron chi connectivity index (χ2n) is 4.28. The van der Waals surface area contributed by atoms with E-state index in [1.807, 2.05) is 5.38 Å². The van der Waals surface area contributed by atoms with Crippen LogP contribution in [-0.2, 0) is 0 Å². The molecule has 1 saturated heterocycles. The lowest BCUT2D eigenvalue weighted by Gasteiger charge is -2.28. The molecule has 2 atom stereocenters. The zero-order valence-electron chi connectivity index (χ0n) is 8.67. The molecule has 15 heavy (non-hydrogen) atoms. The summed E-state index contributed by atoms with van der Waals surface area (Å²) >= 11 is 1.38. The minimum atomic E-state index is -2.33. The normalized spacial score (nSPS) is 27.2. The fraction of sp³-hybridized carbons (Fsp3) is 0.636. The number of hydrogen-bond donors (Lipinski definition) is 1. The second kappa shape index (κ2) is 4.58. The number of hydrogen-bond acceptors (Lipinski definition) is 2. The van der Waals surface area contributed by atoms with E-state index in [-0.39, 0.29) is 11.5 Å². The molecule has 1 aliphatic heterocycles. The first-order valence-corrected chi connectivity index (χ1v) is 6.17. The molecule has 1 aliphatic rings. The summed E-state index contributed by atoms with van der Waals surface area (Å²) in [6.45, 7) is 4.00. The van der Waals surface area contributed by atoms with Gasteiger partial charge in [-0.05, 0) is 41.1 Å². The quantitative estimate of drug-likeness (QED) is 0.822. The van der Waals surface area contributed by atoms with Gasteiger partial charge in [-0.15, -0.1) is 0 Å². The Labute approximate surface area is 92.5 Å². The van der Waals surface area contributed by atoms with Gasteiger partial charge in [-0.3, -0.25) is 0 Å². The van der Waals surface area contributed by atoms with E-state index in [9.17, 15) is 8.78 Å². The highest BCUT2D eigenvalue weighted by atomic mass is 32.1. The van der Waals surface area contributed by atoms with Crippen LogP contribution in [0.25, 0.3) is 0 Å². The van der Waals surface area contributed by atoms with Gasteiger partial charge >= 0.3 is 0 Å². The topological polar surface area (TPSA) is 12.0 Å². The van der Waals surface area contributed by atoms with Crippen LogP contribution in [0.15, 0.2) is 10.8 Å². The van der Waals surface area contributed by atoms with E-state index < -0.39 is 6.43 Å². The predicted octanol–water partition coefficient (Wildman–Crippen LogP) is 3.40. The van der Waals surface area contributed by atoms with E-state index in [0.717, 1.165) is 25.1 Å². The van der Waals surface area contributed by atoms with Gasteiger partial charge in [-0.25, -0.2) is 8.78 Å². The van der Waals surface area contributed by atoms with Crippen molar-refractivity contribution in [2.75, 3.05) is 13.1 Å². The highest BCUT2D eigenvalue weighted by Gasteiger charge is 2.25. The molecule has 0 bridgehead atoms. The molecule has 0 spiro atoms. The van der Waals surface area contributed by atoms with E-state index in [1.165, 1.54) is 11.3 Å². The molecule has 2 rings (SSSR count). The largest absolute Gasteiger partial charge is 0.316 e. The SMILES string of the molecule is CC1CNCC(c2cscc2C(F)F)C1. The van der Waals surface area contributed by atoms with Crippen LogP contribution in [0.3, 0.4) is 0 Å². The summed E-state index contributed by atoms with van der Waals surface area (Å²) in [6, 6.07) is 0. The van der Waals surface area contributed by atoms with E-state index in [0.29, 0.717) is 5.92 Å². The van der Waals surface area contributed by atoms with Crippen molar-refractivity contribution in [3.8, 4) is 0 Å². The van der Waals surface area contributed by atoms with Crippen molar-refractivity contribution in [2.24, 2.45) is 5.92 Å². The molecule has 4 heteroatoms. The molecule has 1 nitrogen and oxygen atoms in total. The maximum absolute atomic E-state index is 12.7. The Morgan fingerprint density at radius 3 is 2.87 bits per heavy atom. The zero-order chi connectivity index (χ0) is 10.8. The smallest absolute Gasteiger partial charge is 0.264 e. The average Bonchev–Trinajstić information content (AvgIpc) is 2.65. The molecule has 1 aromatic rings. The Morgan fingerprint density at radius 2 is 2.20 bits per heavy atom. The first-order chi connectivity index (χ1) is 7.18. The lowest BCUT2D eigenvalue weighted by Crippen LogP contribution is -2.33. The minimum Gasteiger partial charge on any atom is -0.316 e. The zero-order valence-corrected chi connectivity index (χ0v) is 9.49.